The highest BCUT2D eigenvalue weighted by molar-refractivity contribution is 6.03. The molecule has 0 unspecified atom stereocenters. The molecule has 2 aromatic carbocycles. The maximum atomic E-state index is 12.3. The summed E-state index contributed by atoms with van der Waals surface area (Å²) in [6.07, 6.45) is 4.48. The van der Waals surface area contributed by atoms with Crippen LogP contribution in [0.4, 0.5) is 11.9 Å². The molecule has 1 amide bonds. The first kappa shape index (κ1) is 24.7. The maximum absolute atomic E-state index is 12.3. The summed E-state index contributed by atoms with van der Waals surface area (Å²) in [5.74, 6) is 1.93. The number of tetrazole rings is 1. The lowest BCUT2D eigenvalue weighted by molar-refractivity contribution is 0.102. The summed E-state index contributed by atoms with van der Waals surface area (Å²) >= 11 is 0. The third-order valence-electron chi connectivity index (χ3n) is 7.67. The van der Waals surface area contributed by atoms with E-state index in [-0.39, 0.29) is 11.9 Å². The van der Waals surface area contributed by atoms with Crippen molar-refractivity contribution >= 4 is 28.8 Å². The lowest BCUT2D eigenvalue weighted by Crippen LogP contribution is -2.25. The number of hydrogen-bond donors (Lipinski definition) is 4. The molecule has 194 valence electrons. The first-order chi connectivity index (χ1) is 17.7. The Hall–Kier alpha value is -3.95. The smallest absolute Gasteiger partial charge is 0.270 e. The van der Waals surface area contributed by atoms with Crippen molar-refractivity contribution in [2.75, 3.05) is 10.6 Å². The van der Waals surface area contributed by atoms with Crippen molar-refractivity contribution in [3.05, 3.63) is 53.1 Å². The van der Waals surface area contributed by atoms with E-state index < -0.39 is 0 Å². The number of imidazole rings is 1. The number of nitrogens with one attached hydrogen (secondary N) is 3. The average molecular weight is 503 g/mol. The molecule has 4 N–H and O–H groups in total. The van der Waals surface area contributed by atoms with E-state index >= 15 is 0 Å². The van der Waals surface area contributed by atoms with Gasteiger partial charge < -0.3 is 15.0 Å². The van der Waals surface area contributed by atoms with E-state index in [9.17, 15) is 9.90 Å². The maximum Gasteiger partial charge on any atom is 0.270 e. The number of fused-ring (bicyclic) bond motifs is 1. The second-order valence-corrected chi connectivity index (χ2v) is 11.0. The van der Waals surface area contributed by atoms with Crippen LogP contribution >= 0.6 is 0 Å². The molecule has 2 heterocycles. The highest BCUT2D eigenvalue weighted by Gasteiger charge is 2.32. The zero-order valence-corrected chi connectivity index (χ0v) is 21.7. The predicted molar refractivity (Wildman–Crippen MR) is 142 cm³/mol. The van der Waals surface area contributed by atoms with Gasteiger partial charge in [0, 0.05) is 24.7 Å². The number of phenols is 1. The van der Waals surface area contributed by atoms with E-state index in [1.165, 1.54) is 12.8 Å². The van der Waals surface area contributed by atoms with E-state index in [4.69, 9.17) is 4.98 Å². The summed E-state index contributed by atoms with van der Waals surface area (Å²) in [6, 6.07) is 11.0. The number of hydrogen-bond acceptors (Lipinski definition) is 7. The Morgan fingerprint density at radius 3 is 2.49 bits per heavy atom. The summed E-state index contributed by atoms with van der Waals surface area (Å²) in [5.41, 5.74) is 4.67. The zero-order chi connectivity index (χ0) is 26.2. The number of benzene rings is 2. The van der Waals surface area contributed by atoms with Gasteiger partial charge in [0.05, 0.1) is 11.0 Å². The van der Waals surface area contributed by atoms with Crippen molar-refractivity contribution in [3.63, 3.8) is 0 Å². The van der Waals surface area contributed by atoms with Gasteiger partial charge in [0.25, 0.3) is 11.9 Å². The topological polar surface area (TPSA) is 134 Å². The average Bonchev–Trinajstić information content (AvgIpc) is 3.50. The monoisotopic (exact) mass is 502 g/mol. The zero-order valence-electron chi connectivity index (χ0n) is 21.7. The number of nitrogens with zero attached hydrogens (tertiary/aromatic N) is 5. The summed E-state index contributed by atoms with van der Waals surface area (Å²) in [5, 5.41) is 30.0. The number of aromatic amines is 1. The van der Waals surface area contributed by atoms with Gasteiger partial charge in [-0.1, -0.05) is 38.0 Å². The molecule has 0 bridgehead atoms. The molecule has 0 aliphatic heterocycles. The third kappa shape index (κ3) is 5.14. The molecule has 0 atom stereocenters. The normalized spacial score (nSPS) is 18.2. The summed E-state index contributed by atoms with van der Waals surface area (Å²) < 4.78 is 2.03. The van der Waals surface area contributed by atoms with Gasteiger partial charge in [-0.3, -0.25) is 10.1 Å². The van der Waals surface area contributed by atoms with Gasteiger partial charge >= 0.3 is 0 Å². The molecule has 10 nitrogen and oxygen atoms in total. The number of rotatable bonds is 6. The van der Waals surface area contributed by atoms with Gasteiger partial charge in [0.15, 0.2) is 0 Å². The molecule has 37 heavy (non-hydrogen) atoms. The van der Waals surface area contributed by atoms with E-state index in [0.29, 0.717) is 35.1 Å². The Bertz CT molecular complexity index is 1380. The number of aryl methyl sites for hydroxylation is 1. The minimum Gasteiger partial charge on any atom is -0.508 e. The first-order valence-electron chi connectivity index (χ1n) is 12.8. The fraction of sp³-hybridized carbons (Fsp3) is 0.444. The summed E-state index contributed by atoms with van der Waals surface area (Å²) in [4.78, 5) is 17.2. The first-order valence-corrected chi connectivity index (χ1v) is 12.8. The number of aromatic nitrogens is 6. The Morgan fingerprint density at radius 2 is 1.84 bits per heavy atom. The van der Waals surface area contributed by atoms with Crippen LogP contribution in [-0.2, 0) is 13.6 Å². The van der Waals surface area contributed by atoms with Crippen molar-refractivity contribution in [2.24, 2.45) is 18.4 Å². The van der Waals surface area contributed by atoms with Crippen molar-refractivity contribution < 1.29 is 9.90 Å². The standard InChI is InChI=1S/C27H34N8O2/c1-27(2,3)19-11-9-17(10-12-19)22-21(36)14-13-20-23(22)29-26(35(20)4)28-15-16-5-7-18(8-6-16)24(37)30-25-31-33-34-32-25/h5-8,13-14,17,19,36H,9-12,15H2,1-4H3,(H,28,29)(H2,30,31,32,33,34,37). The van der Waals surface area contributed by atoms with Gasteiger partial charge in [0.1, 0.15) is 5.75 Å². The molecule has 1 fully saturated rings. The molecular weight excluding hydrogens is 468 g/mol. The van der Waals surface area contributed by atoms with Crippen LogP contribution in [0.5, 0.6) is 5.75 Å². The van der Waals surface area contributed by atoms with Crippen LogP contribution in [0, 0.1) is 11.3 Å². The second-order valence-electron chi connectivity index (χ2n) is 11.0. The van der Waals surface area contributed by atoms with Crippen LogP contribution in [-0.4, -0.2) is 41.2 Å². The van der Waals surface area contributed by atoms with Gasteiger partial charge in [-0.05, 0) is 78.0 Å². The predicted octanol–water partition coefficient (Wildman–Crippen LogP) is 4.98. The van der Waals surface area contributed by atoms with E-state index in [1.807, 2.05) is 29.8 Å². The Morgan fingerprint density at radius 1 is 1.11 bits per heavy atom. The highest BCUT2D eigenvalue weighted by Crippen LogP contribution is 2.46. The van der Waals surface area contributed by atoms with Crippen molar-refractivity contribution in [1.29, 1.82) is 0 Å². The highest BCUT2D eigenvalue weighted by atomic mass is 16.3. The summed E-state index contributed by atoms with van der Waals surface area (Å²) in [6.45, 7) is 7.52. The number of H-pyrrole nitrogens is 1. The molecule has 1 saturated carbocycles. The number of carbonyl (C=O) groups is 1. The molecule has 10 heteroatoms. The quantitative estimate of drug-likeness (QED) is 0.292. The van der Waals surface area contributed by atoms with Gasteiger partial charge in [-0.15, -0.1) is 5.10 Å². The number of amides is 1. The van der Waals surface area contributed by atoms with Crippen LogP contribution < -0.4 is 10.6 Å². The second kappa shape index (κ2) is 9.84. The Labute approximate surface area is 215 Å². The molecule has 0 radical (unpaired) electrons. The molecule has 1 aliphatic carbocycles. The van der Waals surface area contributed by atoms with E-state index in [1.54, 1.807) is 18.2 Å². The van der Waals surface area contributed by atoms with Crippen LogP contribution in [0.25, 0.3) is 11.0 Å². The number of phenolic OH excluding ortho intramolecular Hbond substituents is 1. The number of anilines is 2. The Kier molecular flexibility index (Phi) is 6.57. The van der Waals surface area contributed by atoms with Gasteiger partial charge in [-0.2, -0.15) is 5.21 Å². The fourth-order valence-corrected chi connectivity index (χ4v) is 5.42. The lowest BCUT2D eigenvalue weighted by Gasteiger charge is -2.37. The summed E-state index contributed by atoms with van der Waals surface area (Å²) in [7, 11) is 1.99. The lowest BCUT2D eigenvalue weighted by atomic mass is 9.68. The van der Waals surface area contributed by atoms with Crippen LogP contribution in [0.2, 0.25) is 0 Å². The van der Waals surface area contributed by atoms with Crippen LogP contribution in [0.15, 0.2) is 36.4 Å². The van der Waals surface area contributed by atoms with Crippen molar-refractivity contribution in [1.82, 2.24) is 30.2 Å². The van der Waals surface area contributed by atoms with Crippen LogP contribution in [0.1, 0.15) is 73.9 Å². The Balaban J connectivity index is 1.29. The van der Waals surface area contributed by atoms with Crippen molar-refractivity contribution in [3.8, 4) is 5.75 Å². The van der Waals surface area contributed by atoms with Crippen LogP contribution in [0.3, 0.4) is 0 Å². The minimum absolute atomic E-state index is 0.130. The van der Waals surface area contributed by atoms with E-state index in [2.05, 4.69) is 52.0 Å². The molecular formula is C27H34N8O2. The van der Waals surface area contributed by atoms with Gasteiger partial charge in [0.2, 0.25) is 5.95 Å². The largest absolute Gasteiger partial charge is 0.508 e. The third-order valence-corrected chi connectivity index (χ3v) is 7.67. The SMILES string of the molecule is Cn1c(NCc2ccc(C(=O)Nc3nn[nH]n3)cc2)nc2c(C3CCC(C(C)(C)C)CC3)c(O)ccc21. The minimum atomic E-state index is -0.305. The van der Waals surface area contributed by atoms with Crippen molar-refractivity contribution in [2.45, 2.75) is 58.9 Å². The fourth-order valence-electron chi connectivity index (χ4n) is 5.42. The molecule has 2 aromatic heterocycles. The molecule has 0 saturated heterocycles. The molecule has 1 aliphatic rings. The number of aromatic hydroxyl groups is 1. The molecule has 4 aromatic rings. The molecule has 5 rings (SSSR count). The number of carbonyl (C=O) groups excluding carboxylic acids is 1. The van der Waals surface area contributed by atoms with Gasteiger partial charge in [-0.25, -0.2) is 4.98 Å². The molecule has 0 spiro atoms. The van der Waals surface area contributed by atoms with E-state index in [0.717, 1.165) is 41.0 Å².